The van der Waals surface area contributed by atoms with Crippen molar-refractivity contribution in [2.75, 3.05) is 18.8 Å². The lowest BCUT2D eigenvalue weighted by Gasteiger charge is -2.28. The molecule has 118 valence electrons. The van der Waals surface area contributed by atoms with Gasteiger partial charge in [0, 0.05) is 6.20 Å². The number of hydrogen-bond acceptors (Lipinski definition) is 4. The van der Waals surface area contributed by atoms with Crippen LogP contribution in [0.25, 0.3) is 11.2 Å². The fourth-order valence-corrected chi connectivity index (χ4v) is 5.22. The van der Waals surface area contributed by atoms with Gasteiger partial charge in [0.1, 0.15) is 11.3 Å². The molecule has 4 heterocycles. The number of nitrogens with zero attached hydrogens (tertiary/aromatic N) is 4. The van der Waals surface area contributed by atoms with E-state index in [0.29, 0.717) is 11.4 Å². The number of rotatable bonds is 3. The molecule has 5 heteroatoms. The first kappa shape index (κ1) is 14.5. The summed E-state index contributed by atoms with van der Waals surface area (Å²) in [6.45, 7) is 4.58. The van der Waals surface area contributed by atoms with Gasteiger partial charge in [-0.05, 0) is 63.1 Å². The average Bonchev–Trinajstić information content (AvgIpc) is 3.19. The summed E-state index contributed by atoms with van der Waals surface area (Å²) in [6.07, 6.45) is 8.34. The molecule has 0 bridgehead atoms. The van der Waals surface area contributed by atoms with Gasteiger partial charge in [0.2, 0.25) is 0 Å². The number of likely N-dealkylation sites (tertiary alicyclic amines) is 1. The van der Waals surface area contributed by atoms with Crippen LogP contribution in [0.4, 0.5) is 0 Å². The van der Waals surface area contributed by atoms with Gasteiger partial charge in [0.25, 0.3) is 0 Å². The quantitative estimate of drug-likeness (QED) is 0.857. The topological polar surface area (TPSA) is 34.0 Å². The Morgan fingerprint density at radius 3 is 3.05 bits per heavy atom. The first-order chi connectivity index (χ1) is 10.9. The number of aromatic nitrogens is 3. The van der Waals surface area contributed by atoms with Gasteiger partial charge in [0.05, 0.1) is 11.4 Å². The minimum Gasteiger partial charge on any atom is -0.299 e. The predicted molar refractivity (Wildman–Crippen MR) is 92.1 cm³/mol. The van der Waals surface area contributed by atoms with Crippen LogP contribution < -0.4 is 0 Å². The van der Waals surface area contributed by atoms with E-state index in [9.17, 15) is 0 Å². The third-order valence-corrected chi connectivity index (χ3v) is 6.34. The van der Waals surface area contributed by atoms with Crippen molar-refractivity contribution < 1.29 is 0 Å². The first-order valence-corrected chi connectivity index (χ1v) is 9.62. The van der Waals surface area contributed by atoms with Crippen LogP contribution in [0.15, 0.2) is 18.3 Å². The van der Waals surface area contributed by atoms with Gasteiger partial charge in [-0.25, -0.2) is 9.97 Å². The maximum atomic E-state index is 5.01. The molecule has 2 saturated heterocycles. The maximum absolute atomic E-state index is 5.01. The fraction of sp³-hybridized carbons (Fsp3) is 0.647. The summed E-state index contributed by atoms with van der Waals surface area (Å²) < 4.78 is 2.47. The van der Waals surface area contributed by atoms with E-state index in [0.717, 1.165) is 17.7 Å². The Hall–Kier alpha value is -1.07. The molecule has 0 amide bonds. The normalized spacial score (nSPS) is 26.8. The molecule has 2 aromatic heterocycles. The number of thioether (sulfide) groups is 1. The van der Waals surface area contributed by atoms with E-state index in [1.165, 1.54) is 50.2 Å². The molecule has 2 atom stereocenters. The highest BCUT2D eigenvalue weighted by Crippen LogP contribution is 2.40. The highest BCUT2D eigenvalue weighted by molar-refractivity contribution is 7.99. The fourth-order valence-electron chi connectivity index (χ4n) is 3.89. The van der Waals surface area contributed by atoms with E-state index >= 15 is 0 Å². The molecule has 2 aromatic rings. The van der Waals surface area contributed by atoms with Gasteiger partial charge in [0.15, 0.2) is 5.65 Å². The van der Waals surface area contributed by atoms with Crippen LogP contribution >= 0.6 is 11.8 Å². The van der Waals surface area contributed by atoms with Crippen molar-refractivity contribution in [1.29, 1.82) is 0 Å². The Balaban J connectivity index is 1.82. The lowest BCUT2D eigenvalue weighted by Crippen LogP contribution is -2.26. The summed E-state index contributed by atoms with van der Waals surface area (Å²) in [5.74, 6) is 2.52. The van der Waals surface area contributed by atoms with E-state index < -0.39 is 0 Å². The standard InChI is InChI=1S/C17H24N4S/c1-2-20-11-6-8-14(20)17-19-13-7-5-10-18-16(13)21(17)15-9-3-4-12-22-15/h5,7,10,14-15H,2-4,6,8-9,11-12H2,1H3. The summed E-state index contributed by atoms with van der Waals surface area (Å²) >= 11 is 2.08. The molecule has 2 fully saturated rings. The summed E-state index contributed by atoms with van der Waals surface area (Å²) in [7, 11) is 0. The SMILES string of the molecule is CCN1CCCC1c1nc2cccnc2n1C1CCCCS1. The van der Waals surface area contributed by atoms with Crippen LogP contribution in [0.5, 0.6) is 0 Å². The summed E-state index contributed by atoms with van der Waals surface area (Å²) in [5.41, 5.74) is 2.14. The van der Waals surface area contributed by atoms with E-state index in [2.05, 4.69) is 39.2 Å². The number of pyridine rings is 1. The van der Waals surface area contributed by atoms with Crippen molar-refractivity contribution in [2.24, 2.45) is 0 Å². The maximum Gasteiger partial charge on any atom is 0.161 e. The van der Waals surface area contributed by atoms with Crippen molar-refractivity contribution in [3.63, 3.8) is 0 Å². The third-order valence-electron chi connectivity index (χ3n) is 4.99. The van der Waals surface area contributed by atoms with Crippen LogP contribution in [0, 0.1) is 0 Å². The first-order valence-electron chi connectivity index (χ1n) is 8.57. The minimum atomic E-state index is 0.474. The molecule has 4 rings (SSSR count). The lowest BCUT2D eigenvalue weighted by molar-refractivity contribution is 0.256. The zero-order valence-electron chi connectivity index (χ0n) is 13.2. The molecule has 0 aliphatic carbocycles. The monoisotopic (exact) mass is 316 g/mol. The van der Waals surface area contributed by atoms with Crippen molar-refractivity contribution in [3.05, 3.63) is 24.2 Å². The Bertz CT molecular complexity index is 647. The summed E-state index contributed by atoms with van der Waals surface area (Å²) in [4.78, 5) is 12.3. The molecule has 0 radical (unpaired) electrons. The lowest BCUT2D eigenvalue weighted by atomic mass is 10.2. The zero-order valence-corrected chi connectivity index (χ0v) is 14.1. The Kier molecular flexibility index (Phi) is 4.09. The van der Waals surface area contributed by atoms with Crippen LogP contribution in [0.3, 0.4) is 0 Å². The van der Waals surface area contributed by atoms with Gasteiger partial charge < -0.3 is 0 Å². The highest BCUT2D eigenvalue weighted by Gasteiger charge is 2.32. The van der Waals surface area contributed by atoms with Gasteiger partial charge in [-0.2, -0.15) is 0 Å². The molecule has 0 spiro atoms. The molecule has 4 nitrogen and oxygen atoms in total. The van der Waals surface area contributed by atoms with Crippen molar-refractivity contribution in [3.8, 4) is 0 Å². The molecule has 2 aliphatic rings. The van der Waals surface area contributed by atoms with Crippen LogP contribution in [0.2, 0.25) is 0 Å². The zero-order chi connectivity index (χ0) is 14.9. The number of imidazole rings is 1. The Morgan fingerprint density at radius 1 is 1.27 bits per heavy atom. The second-order valence-electron chi connectivity index (χ2n) is 6.29. The molecule has 0 N–H and O–H groups in total. The third kappa shape index (κ3) is 2.44. The summed E-state index contributed by atoms with van der Waals surface area (Å²) in [6, 6.07) is 4.59. The van der Waals surface area contributed by atoms with Gasteiger partial charge in [-0.1, -0.05) is 6.92 Å². The van der Waals surface area contributed by atoms with Crippen LogP contribution in [-0.4, -0.2) is 38.3 Å². The van der Waals surface area contributed by atoms with Crippen molar-refractivity contribution in [2.45, 2.75) is 50.4 Å². The van der Waals surface area contributed by atoms with E-state index in [1.807, 2.05) is 12.3 Å². The number of hydrogen-bond donors (Lipinski definition) is 0. The number of fused-ring (bicyclic) bond motifs is 1. The minimum absolute atomic E-state index is 0.474. The van der Waals surface area contributed by atoms with Gasteiger partial charge in [-0.15, -0.1) is 11.8 Å². The largest absolute Gasteiger partial charge is 0.299 e. The molecule has 0 aromatic carbocycles. The molecular formula is C17H24N4S. The van der Waals surface area contributed by atoms with Crippen molar-refractivity contribution >= 4 is 22.9 Å². The molecular weight excluding hydrogens is 292 g/mol. The predicted octanol–water partition coefficient (Wildman–Crippen LogP) is 4.00. The van der Waals surface area contributed by atoms with Gasteiger partial charge in [-0.3, -0.25) is 9.47 Å². The second kappa shape index (κ2) is 6.20. The van der Waals surface area contributed by atoms with Gasteiger partial charge >= 0.3 is 0 Å². The van der Waals surface area contributed by atoms with Crippen LogP contribution in [0.1, 0.15) is 56.3 Å². The summed E-state index contributed by atoms with van der Waals surface area (Å²) in [5, 5.41) is 0.517. The van der Waals surface area contributed by atoms with E-state index in [4.69, 9.17) is 4.98 Å². The molecule has 0 saturated carbocycles. The van der Waals surface area contributed by atoms with Crippen LogP contribution in [-0.2, 0) is 0 Å². The smallest absolute Gasteiger partial charge is 0.161 e. The molecule has 2 aliphatic heterocycles. The highest BCUT2D eigenvalue weighted by atomic mass is 32.2. The van der Waals surface area contributed by atoms with E-state index in [-0.39, 0.29) is 0 Å². The van der Waals surface area contributed by atoms with E-state index in [1.54, 1.807) is 0 Å². The Labute approximate surface area is 136 Å². The molecule has 2 unspecified atom stereocenters. The molecule has 22 heavy (non-hydrogen) atoms. The second-order valence-corrected chi connectivity index (χ2v) is 7.58. The van der Waals surface area contributed by atoms with Crippen molar-refractivity contribution in [1.82, 2.24) is 19.4 Å². The Morgan fingerprint density at radius 2 is 2.23 bits per heavy atom. The average molecular weight is 316 g/mol.